The Morgan fingerprint density at radius 1 is 1.48 bits per heavy atom. The smallest absolute Gasteiger partial charge is 0.228 e. The number of amides is 1. The lowest BCUT2D eigenvalue weighted by molar-refractivity contribution is -0.122. The Kier molecular flexibility index (Phi) is 3.96. The number of fused-ring (bicyclic) bond motifs is 1. The lowest BCUT2D eigenvalue weighted by Crippen LogP contribution is -2.39. The molecule has 21 heavy (non-hydrogen) atoms. The molecule has 0 saturated heterocycles. The number of aromatic nitrogens is 3. The molecule has 1 aliphatic heterocycles. The minimum atomic E-state index is -0.119. The van der Waals surface area contributed by atoms with E-state index in [1.165, 1.54) is 5.56 Å². The van der Waals surface area contributed by atoms with E-state index in [9.17, 15) is 4.79 Å². The van der Waals surface area contributed by atoms with Gasteiger partial charge in [0.2, 0.25) is 5.91 Å². The third-order valence-corrected chi connectivity index (χ3v) is 3.71. The van der Waals surface area contributed by atoms with Crippen LogP contribution in [0.5, 0.6) is 0 Å². The van der Waals surface area contributed by atoms with E-state index < -0.39 is 0 Å². The molecule has 0 spiro atoms. The lowest BCUT2D eigenvalue weighted by Gasteiger charge is -2.25. The lowest BCUT2D eigenvalue weighted by atomic mass is 9.90. The minimum absolute atomic E-state index is 0.0607. The zero-order chi connectivity index (χ0) is 14.7. The Bertz CT molecular complexity index is 636. The van der Waals surface area contributed by atoms with Crippen molar-refractivity contribution in [2.24, 2.45) is 7.05 Å². The highest BCUT2D eigenvalue weighted by molar-refractivity contribution is 5.84. The molecule has 0 fully saturated rings. The van der Waals surface area contributed by atoms with E-state index in [1.807, 2.05) is 25.2 Å². The number of nitrogens with zero attached hydrogens (tertiary/aromatic N) is 3. The third-order valence-electron chi connectivity index (χ3n) is 3.71. The highest BCUT2D eigenvalue weighted by Gasteiger charge is 2.25. The first-order valence-electron chi connectivity index (χ1n) is 7.15. The van der Waals surface area contributed by atoms with Gasteiger partial charge in [0.1, 0.15) is 6.33 Å². The van der Waals surface area contributed by atoms with Crippen LogP contribution >= 0.6 is 0 Å². The van der Waals surface area contributed by atoms with Gasteiger partial charge in [-0.05, 0) is 11.1 Å². The first-order chi connectivity index (χ1) is 10.2. The maximum Gasteiger partial charge on any atom is 0.228 e. The Morgan fingerprint density at radius 2 is 2.33 bits per heavy atom. The van der Waals surface area contributed by atoms with Crippen molar-refractivity contribution in [3.63, 3.8) is 0 Å². The molecule has 2 aromatic rings. The molecule has 110 valence electrons. The fourth-order valence-corrected chi connectivity index (χ4v) is 2.65. The first-order valence-corrected chi connectivity index (χ1v) is 7.15. The number of benzene rings is 1. The highest BCUT2D eigenvalue weighted by Crippen LogP contribution is 2.23. The van der Waals surface area contributed by atoms with Gasteiger partial charge in [0.25, 0.3) is 0 Å². The Balaban J connectivity index is 1.59. The molecule has 2 N–H and O–H groups in total. The second kappa shape index (κ2) is 6.05. The maximum absolute atomic E-state index is 12.4. The average Bonchev–Trinajstić information content (AvgIpc) is 2.92. The van der Waals surface area contributed by atoms with E-state index in [2.05, 4.69) is 26.8 Å². The van der Waals surface area contributed by atoms with Gasteiger partial charge in [-0.1, -0.05) is 24.3 Å². The molecular weight excluding hydrogens is 266 g/mol. The van der Waals surface area contributed by atoms with Crippen LogP contribution in [0.2, 0.25) is 0 Å². The topological polar surface area (TPSA) is 71.8 Å². The quantitative estimate of drug-likeness (QED) is 0.851. The molecule has 3 rings (SSSR count). The Labute approximate surface area is 123 Å². The predicted octanol–water partition coefficient (Wildman–Crippen LogP) is 0.361. The molecule has 1 amide bonds. The highest BCUT2D eigenvalue weighted by atomic mass is 16.1. The zero-order valence-electron chi connectivity index (χ0n) is 12.0. The summed E-state index contributed by atoms with van der Waals surface area (Å²) in [6, 6.07) is 8.11. The fraction of sp³-hybridized carbons (Fsp3) is 0.400. The summed E-state index contributed by atoms with van der Waals surface area (Å²) < 4.78 is 1.67. The van der Waals surface area contributed by atoms with Crippen molar-refractivity contribution in [2.45, 2.75) is 18.9 Å². The van der Waals surface area contributed by atoms with Crippen molar-refractivity contribution in [2.75, 3.05) is 13.1 Å². The first kappa shape index (κ1) is 13.8. The van der Waals surface area contributed by atoms with E-state index in [-0.39, 0.29) is 11.8 Å². The van der Waals surface area contributed by atoms with Crippen LogP contribution in [-0.4, -0.2) is 33.8 Å². The predicted molar refractivity (Wildman–Crippen MR) is 78.6 cm³/mol. The van der Waals surface area contributed by atoms with Gasteiger partial charge in [0, 0.05) is 33.1 Å². The van der Waals surface area contributed by atoms with Crippen LogP contribution < -0.4 is 10.6 Å². The molecule has 1 aromatic carbocycles. The van der Waals surface area contributed by atoms with Crippen molar-refractivity contribution >= 4 is 5.91 Å². The summed E-state index contributed by atoms with van der Waals surface area (Å²) in [6.07, 6.45) is 2.31. The summed E-state index contributed by atoms with van der Waals surface area (Å²) >= 11 is 0. The second-order valence-electron chi connectivity index (χ2n) is 5.26. The summed E-state index contributed by atoms with van der Waals surface area (Å²) in [7, 11) is 1.83. The molecule has 0 bridgehead atoms. The van der Waals surface area contributed by atoms with Crippen LogP contribution in [0.3, 0.4) is 0 Å². The number of carbonyl (C=O) groups excluding carboxylic acids is 1. The standard InChI is InChI=1S/C15H19N5O/c1-20-10-18-14(19-20)6-7-17-15(21)13-9-16-8-11-4-2-3-5-12(11)13/h2-5,10,13,16H,6-9H2,1H3,(H,17,21). The second-order valence-corrected chi connectivity index (χ2v) is 5.26. The third kappa shape index (κ3) is 3.11. The Morgan fingerprint density at radius 3 is 3.14 bits per heavy atom. The van der Waals surface area contributed by atoms with E-state index in [1.54, 1.807) is 11.0 Å². The van der Waals surface area contributed by atoms with Crippen molar-refractivity contribution in [3.05, 3.63) is 47.5 Å². The monoisotopic (exact) mass is 285 g/mol. The van der Waals surface area contributed by atoms with Crippen molar-refractivity contribution in [1.82, 2.24) is 25.4 Å². The van der Waals surface area contributed by atoms with Crippen molar-refractivity contribution < 1.29 is 4.79 Å². The molecule has 1 aliphatic rings. The number of rotatable bonds is 4. The Hall–Kier alpha value is -2.21. The van der Waals surface area contributed by atoms with Gasteiger partial charge in [0.05, 0.1) is 5.92 Å². The van der Waals surface area contributed by atoms with Crippen molar-refractivity contribution in [1.29, 1.82) is 0 Å². The summed E-state index contributed by atoms with van der Waals surface area (Å²) in [4.78, 5) is 16.5. The molecule has 1 unspecified atom stereocenters. The average molecular weight is 285 g/mol. The molecule has 1 atom stereocenters. The fourth-order valence-electron chi connectivity index (χ4n) is 2.65. The van der Waals surface area contributed by atoms with Gasteiger partial charge in [-0.2, -0.15) is 5.10 Å². The largest absolute Gasteiger partial charge is 0.355 e. The number of aryl methyl sites for hydroxylation is 1. The van der Waals surface area contributed by atoms with Crippen LogP contribution in [0.25, 0.3) is 0 Å². The normalized spacial score (nSPS) is 17.3. The minimum Gasteiger partial charge on any atom is -0.355 e. The van der Waals surface area contributed by atoms with Gasteiger partial charge in [0.15, 0.2) is 5.82 Å². The van der Waals surface area contributed by atoms with Crippen LogP contribution in [0.4, 0.5) is 0 Å². The number of nitrogens with one attached hydrogen (secondary N) is 2. The molecule has 0 saturated carbocycles. The van der Waals surface area contributed by atoms with Crippen LogP contribution in [0, 0.1) is 0 Å². The summed E-state index contributed by atoms with van der Waals surface area (Å²) in [6.45, 7) is 2.07. The van der Waals surface area contributed by atoms with Crippen molar-refractivity contribution in [3.8, 4) is 0 Å². The zero-order valence-corrected chi connectivity index (χ0v) is 12.0. The molecule has 0 radical (unpaired) electrons. The molecule has 6 heteroatoms. The maximum atomic E-state index is 12.4. The van der Waals surface area contributed by atoms with E-state index in [0.29, 0.717) is 19.5 Å². The van der Waals surface area contributed by atoms with E-state index in [0.717, 1.165) is 17.9 Å². The summed E-state index contributed by atoms with van der Waals surface area (Å²) in [5, 5.41) is 10.5. The van der Waals surface area contributed by atoms with E-state index in [4.69, 9.17) is 0 Å². The van der Waals surface area contributed by atoms with Crippen LogP contribution in [0.15, 0.2) is 30.6 Å². The van der Waals surface area contributed by atoms with Crippen LogP contribution in [-0.2, 0) is 24.8 Å². The van der Waals surface area contributed by atoms with Gasteiger partial charge >= 0.3 is 0 Å². The van der Waals surface area contributed by atoms with E-state index >= 15 is 0 Å². The molecule has 6 nitrogen and oxygen atoms in total. The summed E-state index contributed by atoms with van der Waals surface area (Å²) in [5.41, 5.74) is 2.33. The number of hydrogen-bond donors (Lipinski definition) is 2. The van der Waals surface area contributed by atoms with Gasteiger partial charge in [-0.3, -0.25) is 9.48 Å². The molecule has 1 aromatic heterocycles. The molecular formula is C15H19N5O. The van der Waals surface area contributed by atoms with Gasteiger partial charge in [-0.15, -0.1) is 0 Å². The summed E-state index contributed by atoms with van der Waals surface area (Å²) in [5.74, 6) is 0.692. The van der Waals surface area contributed by atoms with Gasteiger partial charge in [-0.25, -0.2) is 4.98 Å². The van der Waals surface area contributed by atoms with Gasteiger partial charge < -0.3 is 10.6 Å². The number of hydrogen-bond acceptors (Lipinski definition) is 4. The molecule has 2 heterocycles. The molecule has 0 aliphatic carbocycles. The number of carbonyl (C=O) groups is 1. The van der Waals surface area contributed by atoms with Crippen LogP contribution in [0.1, 0.15) is 22.9 Å². The SMILES string of the molecule is Cn1cnc(CCNC(=O)C2CNCc3ccccc32)n1.